The van der Waals surface area contributed by atoms with Gasteiger partial charge in [-0.15, -0.1) is 0 Å². The fourth-order valence-electron chi connectivity index (χ4n) is 2.14. The van der Waals surface area contributed by atoms with Gasteiger partial charge in [-0.25, -0.2) is 0 Å². The molecule has 0 aromatic heterocycles. The summed E-state index contributed by atoms with van der Waals surface area (Å²) in [5.74, 6) is -1.19. The van der Waals surface area contributed by atoms with Gasteiger partial charge in [-0.2, -0.15) is 0 Å². The Labute approximate surface area is 122 Å². The predicted molar refractivity (Wildman–Crippen MR) is 75.7 cm³/mol. The van der Waals surface area contributed by atoms with Gasteiger partial charge >= 0.3 is 5.97 Å². The molecule has 6 heteroatoms. The molecular weight excluding hydrogens is 272 g/mol. The molecule has 1 atom stereocenters. The zero-order valence-corrected chi connectivity index (χ0v) is 11.9. The summed E-state index contributed by atoms with van der Waals surface area (Å²) < 4.78 is 4.93. The van der Waals surface area contributed by atoms with Gasteiger partial charge in [0.05, 0.1) is 17.7 Å². The number of fused-ring (bicyclic) bond motifs is 1. The molecule has 2 N–H and O–H groups in total. The van der Waals surface area contributed by atoms with Crippen molar-refractivity contribution in [3.05, 3.63) is 35.4 Å². The fourth-order valence-corrected chi connectivity index (χ4v) is 2.14. The van der Waals surface area contributed by atoms with Crippen LogP contribution in [-0.4, -0.2) is 41.9 Å². The van der Waals surface area contributed by atoms with Gasteiger partial charge < -0.3 is 10.5 Å². The fraction of sp³-hybridized carbons (Fsp3) is 0.400. The van der Waals surface area contributed by atoms with Gasteiger partial charge in [0.15, 0.2) is 0 Å². The third kappa shape index (κ3) is 3.11. The lowest BCUT2D eigenvalue weighted by Gasteiger charge is -2.16. The van der Waals surface area contributed by atoms with Crippen LogP contribution < -0.4 is 5.73 Å². The first kappa shape index (κ1) is 15.2. The molecule has 1 aliphatic heterocycles. The maximum absolute atomic E-state index is 12.1. The molecule has 2 amide bonds. The number of carbonyl (C=O) groups is 3. The van der Waals surface area contributed by atoms with Gasteiger partial charge in [-0.1, -0.05) is 19.1 Å². The Balaban J connectivity index is 1.95. The smallest absolute Gasteiger partial charge is 0.322 e. The number of rotatable bonds is 6. The lowest BCUT2D eigenvalue weighted by atomic mass is 10.1. The van der Waals surface area contributed by atoms with E-state index >= 15 is 0 Å². The Morgan fingerprint density at radius 3 is 2.33 bits per heavy atom. The molecule has 0 radical (unpaired) electrons. The maximum Gasteiger partial charge on any atom is 0.322 e. The molecule has 112 valence electrons. The van der Waals surface area contributed by atoms with E-state index in [-0.39, 0.29) is 24.8 Å². The third-order valence-electron chi connectivity index (χ3n) is 3.29. The Kier molecular flexibility index (Phi) is 4.70. The lowest BCUT2D eigenvalue weighted by molar-refractivity contribution is -0.145. The summed E-state index contributed by atoms with van der Waals surface area (Å²) in [5, 5.41) is 0. The summed E-state index contributed by atoms with van der Waals surface area (Å²) in [6.07, 6.45) is 0.908. The molecule has 0 bridgehead atoms. The van der Waals surface area contributed by atoms with E-state index in [1.807, 2.05) is 6.92 Å². The van der Waals surface area contributed by atoms with Crippen molar-refractivity contribution < 1.29 is 19.1 Å². The number of esters is 1. The Morgan fingerprint density at radius 2 is 1.81 bits per heavy atom. The first-order valence-corrected chi connectivity index (χ1v) is 6.93. The highest BCUT2D eigenvalue weighted by molar-refractivity contribution is 6.21. The number of carbonyl (C=O) groups excluding carboxylic acids is 3. The molecule has 1 heterocycles. The van der Waals surface area contributed by atoms with Crippen LogP contribution in [0.1, 0.15) is 40.5 Å². The van der Waals surface area contributed by atoms with Crippen molar-refractivity contribution in [3.63, 3.8) is 0 Å². The standard InChI is InChI=1S/C15H18N2O4/c1-2-9-21-15(20)12(16)7-8-17-13(18)10-5-3-4-6-11(10)14(17)19/h3-6,12H,2,7-9,16H2,1H3. The molecule has 1 aromatic rings. The monoisotopic (exact) mass is 290 g/mol. The van der Waals surface area contributed by atoms with Crippen molar-refractivity contribution in [3.8, 4) is 0 Å². The van der Waals surface area contributed by atoms with E-state index in [9.17, 15) is 14.4 Å². The highest BCUT2D eigenvalue weighted by Crippen LogP contribution is 2.22. The lowest BCUT2D eigenvalue weighted by Crippen LogP contribution is -2.38. The van der Waals surface area contributed by atoms with Crippen LogP contribution in [0.15, 0.2) is 24.3 Å². The number of nitrogens with zero attached hydrogens (tertiary/aromatic N) is 1. The molecule has 1 unspecified atom stereocenters. The number of hydrogen-bond acceptors (Lipinski definition) is 5. The summed E-state index contributed by atoms with van der Waals surface area (Å²) >= 11 is 0. The van der Waals surface area contributed by atoms with Crippen molar-refractivity contribution in [1.29, 1.82) is 0 Å². The molecule has 0 aliphatic carbocycles. The average molecular weight is 290 g/mol. The van der Waals surface area contributed by atoms with Crippen LogP contribution in [0.3, 0.4) is 0 Å². The van der Waals surface area contributed by atoms with Crippen LogP contribution in [-0.2, 0) is 9.53 Å². The maximum atomic E-state index is 12.1. The van der Waals surface area contributed by atoms with Crippen LogP contribution in [0.2, 0.25) is 0 Å². The molecule has 0 saturated carbocycles. The molecule has 21 heavy (non-hydrogen) atoms. The van der Waals surface area contributed by atoms with Crippen molar-refractivity contribution in [2.45, 2.75) is 25.8 Å². The molecule has 1 aliphatic rings. The van der Waals surface area contributed by atoms with Gasteiger partial charge in [0, 0.05) is 6.54 Å². The summed E-state index contributed by atoms with van der Waals surface area (Å²) in [6, 6.07) is 5.82. The summed E-state index contributed by atoms with van der Waals surface area (Å²) in [4.78, 5) is 36.9. The van der Waals surface area contributed by atoms with Crippen LogP contribution >= 0.6 is 0 Å². The average Bonchev–Trinajstić information content (AvgIpc) is 2.74. The number of benzene rings is 1. The van der Waals surface area contributed by atoms with E-state index in [4.69, 9.17) is 10.5 Å². The van der Waals surface area contributed by atoms with Gasteiger partial charge in [-0.05, 0) is 25.0 Å². The number of amides is 2. The zero-order chi connectivity index (χ0) is 15.4. The molecule has 0 spiro atoms. The van der Waals surface area contributed by atoms with Crippen LogP contribution in [0, 0.1) is 0 Å². The number of nitrogens with two attached hydrogens (primary N) is 1. The number of hydrogen-bond donors (Lipinski definition) is 1. The molecule has 6 nitrogen and oxygen atoms in total. The number of ether oxygens (including phenoxy) is 1. The highest BCUT2D eigenvalue weighted by atomic mass is 16.5. The minimum Gasteiger partial charge on any atom is -0.465 e. The molecule has 0 saturated heterocycles. The van der Waals surface area contributed by atoms with Crippen molar-refractivity contribution in [1.82, 2.24) is 4.90 Å². The minimum atomic E-state index is -0.833. The first-order chi connectivity index (χ1) is 10.1. The Morgan fingerprint density at radius 1 is 1.24 bits per heavy atom. The van der Waals surface area contributed by atoms with Crippen LogP contribution in [0.4, 0.5) is 0 Å². The van der Waals surface area contributed by atoms with Gasteiger partial charge in [-0.3, -0.25) is 19.3 Å². The zero-order valence-electron chi connectivity index (χ0n) is 11.9. The first-order valence-electron chi connectivity index (χ1n) is 6.93. The molecule has 2 rings (SSSR count). The van der Waals surface area contributed by atoms with Crippen LogP contribution in [0.5, 0.6) is 0 Å². The Hall–Kier alpha value is -2.21. The highest BCUT2D eigenvalue weighted by Gasteiger charge is 2.35. The second-order valence-corrected chi connectivity index (χ2v) is 4.87. The van der Waals surface area contributed by atoms with Crippen molar-refractivity contribution in [2.75, 3.05) is 13.2 Å². The molecule has 1 aromatic carbocycles. The van der Waals surface area contributed by atoms with Crippen LogP contribution in [0.25, 0.3) is 0 Å². The van der Waals surface area contributed by atoms with Gasteiger partial charge in [0.2, 0.25) is 0 Å². The molecular formula is C15H18N2O4. The second kappa shape index (κ2) is 6.49. The number of imide groups is 1. The SMILES string of the molecule is CCCOC(=O)C(N)CCN1C(=O)c2ccccc2C1=O. The van der Waals surface area contributed by atoms with E-state index < -0.39 is 12.0 Å². The Bertz CT molecular complexity index is 536. The van der Waals surface area contributed by atoms with Crippen molar-refractivity contribution >= 4 is 17.8 Å². The van der Waals surface area contributed by atoms with E-state index in [2.05, 4.69) is 0 Å². The summed E-state index contributed by atoms with van der Waals surface area (Å²) in [6.45, 7) is 2.31. The minimum absolute atomic E-state index is 0.106. The predicted octanol–water partition coefficient (Wildman–Crippen LogP) is 0.953. The molecule has 0 fully saturated rings. The van der Waals surface area contributed by atoms with E-state index in [1.54, 1.807) is 24.3 Å². The summed E-state index contributed by atoms with van der Waals surface area (Å²) in [5.41, 5.74) is 6.49. The normalized spacial score (nSPS) is 15.0. The van der Waals surface area contributed by atoms with E-state index in [0.29, 0.717) is 17.7 Å². The van der Waals surface area contributed by atoms with E-state index in [0.717, 1.165) is 11.3 Å². The quantitative estimate of drug-likeness (QED) is 0.622. The van der Waals surface area contributed by atoms with Gasteiger partial charge in [0.1, 0.15) is 6.04 Å². The summed E-state index contributed by atoms with van der Waals surface area (Å²) in [7, 11) is 0. The van der Waals surface area contributed by atoms with Crippen molar-refractivity contribution in [2.24, 2.45) is 5.73 Å². The largest absolute Gasteiger partial charge is 0.465 e. The van der Waals surface area contributed by atoms with E-state index in [1.165, 1.54) is 0 Å². The third-order valence-corrected chi connectivity index (χ3v) is 3.29. The van der Waals surface area contributed by atoms with Gasteiger partial charge in [0.25, 0.3) is 11.8 Å². The second-order valence-electron chi connectivity index (χ2n) is 4.87. The topological polar surface area (TPSA) is 89.7 Å².